The first-order chi connectivity index (χ1) is 9.76. The Hall–Kier alpha value is -2.59. The number of methoxy groups -OCH3 is 2. The molecule has 0 fully saturated rings. The molecule has 0 radical (unpaired) electrons. The molecule has 3 aromatic carbocycles. The molecule has 0 saturated carbocycles. The van der Waals surface area contributed by atoms with E-state index in [9.17, 15) is 4.79 Å². The zero-order valence-corrected chi connectivity index (χ0v) is 11.8. The van der Waals surface area contributed by atoms with Gasteiger partial charge in [-0.3, -0.25) is 4.79 Å². The number of hydrogen-bond donors (Lipinski definition) is 0. The second-order valence-electron chi connectivity index (χ2n) is 4.51. The SMILES string of the molecule is COc1ccc(-c2c(-c3ccccc3OC)c2=O)cc1.O. The van der Waals surface area contributed by atoms with Crippen LogP contribution in [0.15, 0.2) is 53.3 Å². The van der Waals surface area contributed by atoms with Crippen molar-refractivity contribution in [2.75, 3.05) is 14.2 Å². The molecule has 0 spiro atoms. The van der Waals surface area contributed by atoms with E-state index in [4.69, 9.17) is 9.47 Å². The van der Waals surface area contributed by atoms with Crippen molar-refractivity contribution < 1.29 is 14.9 Å². The number of hydrogen-bond acceptors (Lipinski definition) is 3. The van der Waals surface area contributed by atoms with Crippen LogP contribution in [0.1, 0.15) is 0 Å². The molecule has 4 nitrogen and oxygen atoms in total. The average Bonchev–Trinajstić information content (AvgIpc) is 3.18. The lowest BCUT2D eigenvalue weighted by Gasteiger charge is -2.03. The van der Waals surface area contributed by atoms with Crippen LogP contribution in [0.2, 0.25) is 0 Å². The monoisotopic (exact) mass is 284 g/mol. The third-order valence-corrected chi connectivity index (χ3v) is 3.40. The maximum absolute atomic E-state index is 12.1. The molecule has 21 heavy (non-hydrogen) atoms. The molecule has 108 valence electrons. The van der Waals surface area contributed by atoms with E-state index in [0.29, 0.717) is 0 Å². The van der Waals surface area contributed by atoms with Crippen molar-refractivity contribution >= 4 is 0 Å². The van der Waals surface area contributed by atoms with E-state index in [1.165, 1.54) is 0 Å². The fraction of sp³-hybridized carbons (Fsp3) is 0.118. The highest BCUT2D eigenvalue weighted by atomic mass is 16.5. The van der Waals surface area contributed by atoms with Gasteiger partial charge in [-0.25, -0.2) is 0 Å². The molecule has 0 aliphatic rings. The molecule has 0 aromatic heterocycles. The minimum absolute atomic E-state index is 0. The summed E-state index contributed by atoms with van der Waals surface area (Å²) in [5, 5.41) is 0. The van der Waals surface area contributed by atoms with Crippen molar-refractivity contribution in [3.63, 3.8) is 0 Å². The van der Waals surface area contributed by atoms with Crippen molar-refractivity contribution in [3.8, 4) is 33.8 Å². The molecule has 3 aromatic rings. The molecule has 4 heteroatoms. The van der Waals surface area contributed by atoms with Gasteiger partial charge in [0.1, 0.15) is 11.5 Å². The Bertz CT molecular complexity index is 749. The van der Waals surface area contributed by atoms with Crippen molar-refractivity contribution in [2.24, 2.45) is 0 Å². The van der Waals surface area contributed by atoms with E-state index in [2.05, 4.69) is 0 Å². The minimum atomic E-state index is 0. The minimum Gasteiger partial charge on any atom is -0.497 e. The lowest BCUT2D eigenvalue weighted by atomic mass is 10.1. The van der Waals surface area contributed by atoms with Crippen LogP contribution in [0.25, 0.3) is 22.3 Å². The highest BCUT2D eigenvalue weighted by molar-refractivity contribution is 5.96. The Morgan fingerprint density at radius 2 is 1.48 bits per heavy atom. The molecule has 0 amide bonds. The van der Waals surface area contributed by atoms with Crippen LogP contribution in [0.5, 0.6) is 11.5 Å². The van der Waals surface area contributed by atoms with Crippen LogP contribution < -0.4 is 14.9 Å². The largest absolute Gasteiger partial charge is 0.497 e. The van der Waals surface area contributed by atoms with Crippen molar-refractivity contribution in [2.45, 2.75) is 0 Å². The Labute approximate surface area is 122 Å². The van der Waals surface area contributed by atoms with Crippen molar-refractivity contribution in [1.82, 2.24) is 0 Å². The van der Waals surface area contributed by atoms with Crippen LogP contribution in [-0.2, 0) is 0 Å². The van der Waals surface area contributed by atoms with E-state index < -0.39 is 0 Å². The van der Waals surface area contributed by atoms with Crippen LogP contribution >= 0.6 is 0 Å². The van der Waals surface area contributed by atoms with Gasteiger partial charge in [-0.15, -0.1) is 0 Å². The van der Waals surface area contributed by atoms with Crippen LogP contribution in [-0.4, -0.2) is 19.7 Å². The Kier molecular flexibility index (Phi) is 4.10. The Morgan fingerprint density at radius 1 is 0.810 bits per heavy atom. The molecule has 0 saturated heterocycles. The molecule has 2 N–H and O–H groups in total. The number of para-hydroxylation sites is 1. The Balaban J connectivity index is 0.00000161. The summed E-state index contributed by atoms with van der Waals surface area (Å²) in [5.74, 6) is 1.50. The Morgan fingerprint density at radius 3 is 2.10 bits per heavy atom. The summed E-state index contributed by atoms with van der Waals surface area (Å²) < 4.78 is 10.4. The highest BCUT2D eigenvalue weighted by Crippen LogP contribution is 2.39. The molecule has 0 aliphatic heterocycles. The lowest BCUT2D eigenvalue weighted by Crippen LogP contribution is -1.86. The summed E-state index contributed by atoms with van der Waals surface area (Å²) in [7, 11) is 3.23. The average molecular weight is 284 g/mol. The summed E-state index contributed by atoms with van der Waals surface area (Å²) in [6.07, 6.45) is 0. The number of ether oxygens (including phenoxy) is 2. The smallest absolute Gasteiger partial charge is 0.195 e. The zero-order valence-electron chi connectivity index (χ0n) is 11.8. The predicted molar refractivity (Wildman–Crippen MR) is 82.7 cm³/mol. The molecule has 0 bridgehead atoms. The van der Waals surface area contributed by atoms with Gasteiger partial charge in [0.25, 0.3) is 0 Å². The van der Waals surface area contributed by atoms with Crippen LogP contribution in [0.4, 0.5) is 0 Å². The van der Waals surface area contributed by atoms with Gasteiger partial charge < -0.3 is 14.9 Å². The van der Waals surface area contributed by atoms with Gasteiger partial charge in [0.05, 0.1) is 14.2 Å². The van der Waals surface area contributed by atoms with Crippen LogP contribution in [0.3, 0.4) is 0 Å². The quantitative estimate of drug-likeness (QED) is 0.739. The van der Waals surface area contributed by atoms with Gasteiger partial charge in [0.15, 0.2) is 5.43 Å². The van der Waals surface area contributed by atoms with Gasteiger partial charge in [0, 0.05) is 16.7 Å². The summed E-state index contributed by atoms with van der Waals surface area (Å²) in [4.78, 5) is 12.1. The molecule has 0 heterocycles. The second kappa shape index (κ2) is 5.81. The van der Waals surface area contributed by atoms with Gasteiger partial charge >= 0.3 is 0 Å². The molecule has 0 aliphatic carbocycles. The van der Waals surface area contributed by atoms with E-state index in [-0.39, 0.29) is 10.9 Å². The third-order valence-electron chi connectivity index (χ3n) is 3.40. The van der Waals surface area contributed by atoms with Crippen LogP contribution in [0, 0.1) is 0 Å². The standard InChI is InChI=1S/C17H14O3.H2O/c1-19-12-9-7-11(8-10-12)15-16(17(15)18)13-5-3-4-6-14(13)20-2;/h3-10H,1-2H3;1H2. The number of benzene rings is 2. The topological polar surface area (TPSA) is 67.0 Å². The van der Waals surface area contributed by atoms with E-state index >= 15 is 0 Å². The van der Waals surface area contributed by atoms with E-state index in [1.54, 1.807) is 14.2 Å². The summed E-state index contributed by atoms with van der Waals surface area (Å²) >= 11 is 0. The fourth-order valence-electron chi connectivity index (χ4n) is 2.31. The predicted octanol–water partition coefficient (Wildman–Crippen LogP) is 2.45. The van der Waals surface area contributed by atoms with E-state index in [0.717, 1.165) is 33.8 Å². The fourth-order valence-corrected chi connectivity index (χ4v) is 2.31. The first kappa shape index (κ1) is 14.8. The van der Waals surface area contributed by atoms with E-state index in [1.807, 2.05) is 48.5 Å². The maximum Gasteiger partial charge on any atom is 0.195 e. The summed E-state index contributed by atoms with van der Waals surface area (Å²) in [6, 6.07) is 15.1. The first-order valence-corrected chi connectivity index (χ1v) is 6.33. The van der Waals surface area contributed by atoms with Gasteiger partial charge in [-0.2, -0.15) is 0 Å². The number of rotatable bonds is 4. The highest BCUT2D eigenvalue weighted by Gasteiger charge is 2.27. The van der Waals surface area contributed by atoms with Crippen molar-refractivity contribution in [3.05, 3.63) is 58.8 Å². The molecule has 0 unspecified atom stereocenters. The molecule has 0 atom stereocenters. The molecular formula is C17H16O4. The second-order valence-corrected chi connectivity index (χ2v) is 4.51. The van der Waals surface area contributed by atoms with Gasteiger partial charge in [0.2, 0.25) is 0 Å². The van der Waals surface area contributed by atoms with Gasteiger partial charge in [-0.1, -0.05) is 30.3 Å². The maximum atomic E-state index is 12.1. The molecular weight excluding hydrogens is 268 g/mol. The third kappa shape index (κ3) is 2.53. The normalized spacial score (nSPS) is 10.2. The molecule has 3 rings (SSSR count). The van der Waals surface area contributed by atoms with Gasteiger partial charge in [-0.05, 0) is 23.8 Å². The summed E-state index contributed by atoms with van der Waals surface area (Å²) in [5.41, 5.74) is 3.35. The van der Waals surface area contributed by atoms with Crippen molar-refractivity contribution in [1.29, 1.82) is 0 Å². The first-order valence-electron chi connectivity index (χ1n) is 6.33. The lowest BCUT2D eigenvalue weighted by molar-refractivity contribution is 0.415. The summed E-state index contributed by atoms with van der Waals surface area (Å²) in [6.45, 7) is 0. The zero-order chi connectivity index (χ0) is 14.1.